The first-order valence-corrected chi connectivity index (χ1v) is 7.11. The molecule has 23 heavy (non-hydrogen) atoms. The van der Waals surface area contributed by atoms with Crippen molar-refractivity contribution < 1.29 is 18.0 Å². The Labute approximate surface area is 132 Å². The highest BCUT2D eigenvalue weighted by molar-refractivity contribution is 5.91. The van der Waals surface area contributed by atoms with Crippen LogP contribution in [0.2, 0.25) is 0 Å². The predicted octanol–water partition coefficient (Wildman–Crippen LogP) is 4.33. The van der Waals surface area contributed by atoms with E-state index in [0.717, 1.165) is 6.07 Å². The summed E-state index contributed by atoms with van der Waals surface area (Å²) in [7, 11) is 0. The summed E-state index contributed by atoms with van der Waals surface area (Å²) in [5.74, 6) is -0.0500. The van der Waals surface area contributed by atoms with Gasteiger partial charge in [0.15, 0.2) is 5.65 Å². The van der Waals surface area contributed by atoms with Gasteiger partial charge >= 0.3 is 6.18 Å². The van der Waals surface area contributed by atoms with Gasteiger partial charge in [-0.3, -0.25) is 4.79 Å². The van der Waals surface area contributed by atoms with Gasteiger partial charge < -0.3 is 5.32 Å². The SMILES string of the molecule is Cc1cc(C(F)(F)F)nc2nc(NC(=O)CC(C)(C)C)ccc12. The number of alkyl halides is 3. The maximum atomic E-state index is 12.8. The smallest absolute Gasteiger partial charge is 0.311 e. The van der Waals surface area contributed by atoms with Crippen LogP contribution >= 0.6 is 0 Å². The Morgan fingerprint density at radius 2 is 1.83 bits per heavy atom. The molecule has 2 heterocycles. The Balaban J connectivity index is 2.36. The van der Waals surface area contributed by atoms with E-state index in [1.807, 2.05) is 20.8 Å². The molecule has 0 fully saturated rings. The number of rotatable bonds is 2. The fourth-order valence-electron chi connectivity index (χ4n) is 2.15. The molecule has 0 saturated heterocycles. The van der Waals surface area contributed by atoms with Gasteiger partial charge in [0.05, 0.1) is 0 Å². The Hall–Kier alpha value is -2.18. The molecule has 0 aliphatic heterocycles. The molecule has 7 heteroatoms. The molecule has 1 N–H and O–H groups in total. The summed E-state index contributed by atoms with van der Waals surface area (Å²) in [4.78, 5) is 19.5. The van der Waals surface area contributed by atoms with E-state index in [1.165, 1.54) is 0 Å². The number of anilines is 1. The minimum atomic E-state index is -4.54. The lowest BCUT2D eigenvalue weighted by Crippen LogP contribution is -2.20. The second-order valence-electron chi connectivity index (χ2n) is 6.68. The van der Waals surface area contributed by atoms with Gasteiger partial charge in [0.1, 0.15) is 11.5 Å². The molecule has 0 aromatic carbocycles. The van der Waals surface area contributed by atoms with Crippen molar-refractivity contribution in [2.75, 3.05) is 5.32 Å². The molecule has 0 aliphatic carbocycles. The van der Waals surface area contributed by atoms with Crippen LogP contribution in [0.15, 0.2) is 18.2 Å². The molecule has 0 atom stereocenters. The molecule has 0 aliphatic rings. The fraction of sp³-hybridized carbons (Fsp3) is 0.438. The Kier molecular flexibility index (Phi) is 4.32. The molecule has 2 aromatic heterocycles. The highest BCUT2D eigenvalue weighted by atomic mass is 19.4. The van der Waals surface area contributed by atoms with Crippen molar-refractivity contribution in [1.29, 1.82) is 0 Å². The van der Waals surface area contributed by atoms with Crippen LogP contribution in [0.1, 0.15) is 38.4 Å². The summed E-state index contributed by atoms with van der Waals surface area (Å²) in [6.07, 6.45) is -4.26. The number of hydrogen-bond donors (Lipinski definition) is 1. The standard InChI is InChI=1S/C16H18F3N3O/c1-9-7-11(16(17,18)19)20-14-10(9)5-6-12(22-14)21-13(23)8-15(2,3)4/h5-7H,8H2,1-4H3,(H,20,21,22,23). The highest BCUT2D eigenvalue weighted by Gasteiger charge is 2.33. The van der Waals surface area contributed by atoms with Gasteiger partial charge in [-0.05, 0) is 36.1 Å². The summed E-state index contributed by atoms with van der Waals surface area (Å²) >= 11 is 0. The third-order valence-electron chi connectivity index (χ3n) is 3.13. The molecule has 2 aromatic rings. The maximum Gasteiger partial charge on any atom is 0.433 e. The monoisotopic (exact) mass is 325 g/mol. The molecule has 1 amide bonds. The van der Waals surface area contributed by atoms with E-state index in [4.69, 9.17) is 0 Å². The highest BCUT2D eigenvalue weighted by Crippen LogP contribution is 2.30. The number of hydrogen-bond acceptors (Lipinski definition) is 3. The molecule has 4 nitrogen and oxygen atoms in total. The van der Waals surface area contributed by atoms with Gasteiger partial charge in [0, 0.05) is 11.8 Å². The van der Waals surface area contributed by atoms with E-state index in [9.17, 15) is 18.0 Å². The third kappa shape index (κ3) is 4.40. The van der Waals surface area contributed by atoms with Gasteiger partial charge in [0.25, 0.3) is 0 Å². The third-order valence-corrected chi connectivity index (χ3v) is 3.13. The van der Waals surface area contributed by atoms with Gasteiger partial charge in [-0.1, -0.05) is 20.8 Å². The van der Waals surface area contributed by atoms with Crippen molar-refractivity contribution in [3.05, 3.63) is 29.5 Å². The molecule has 2 rings (SSSR count). The molecule has 124 valence electrons. The summed E-state index contributed by atoms with van der Waals surface area (Å²) < 4.78 is 38.5. The molecule has 0 bridgehead atoms. The molecule has 0 spiro atoms. The maximum absolute atomic E-state index is 12.8. The van der Waals surface area contributed by atoms with E-state index in [-0.39, 0.29) is 29.2 Å². The number of aryl methyl sites for hydroxylation is 1. The van der Waals surface area contributed by atoms with Crippen molar-refractivity contribution in [1.82, 2.24) is 9.97 Å². The predicted molar refractivity (Wildman–Crippen MR) is 82.0 cm³/mol. The topological polar surface area (TPSA) is 54.9 Å². The number of carbonyl (C=O) groups excluding carboxylic acids is 1. The quantitative estimate of drug-likeness (QED) is 0.894. The zero-order valence-electron chi connectivity index (χ0n) is 13.4. The van der Waals surface area contributed by atoms with Crippen LogP contribution in [0.4, 0.5) is 19.0 Å². The lowest BCUT2D eigenvalue weighted by molar-refractivity contribution is -0.141. The Morgan fingerprint density at radius 3 is 2.39 bits per heavy atom. The van der Waals surface area contributed by atoms with E-state index < -0.39 is 11.9 Å². The van der Waals surface area contributed by atoms with Crippen LogP contribution in [0.5, 0.6) is 0 Å². The lowest BCUT2D eigenvalue weighted by atomic mass is 9.92. The van der Waals surface area contributed by atoms with E-state index in [2.05, 4.69) is 15.3 Å². The number of nitrogens with one attached hydrogen (secondary N) is 1. The van der Waals surface area contributed by atoms with Crippen molar-refractivity contribution in [3.8, 4) is 0 Å². The van der Waals surface area contributed by atoms with Crippen LogP contribution in [0.3, 0.4) is 0 Å². The number of carbonyl (C=O) groups is 1. The zero-order valence-corrected chi connectivity index (χ0v) is 13.4. The number of nitrogens with zero attached hydrogens (tertiary/aromatic N) is 2. The molecule has 0 radical (unpaired) electrons. The number of aromatic nitrogens is 2. The average molecular weight is 325 g/mol. The van der Waals surface area contributed by atoms with Crippen molar-refractivity contribution in [2.45, 2.75) is 40.3 Å². The largest absolute Gasteiger partial charge is 0.433 e. The van der Waals surface area contributed by atoms with Crippen LogP contribution in [-0.2, 0) is 11.0 Å². The normalized spacial score (nSPS) is 12.5. The van der Waals surface area contributed by atoms with Gasteiger partial charge in [0.2, 0.25) is 5.91 Å². The van der Waals surface area contributed by atoms with Crippen LogP contribution in [0, 0.1) is 12.3 Å². The van der Waals surface area contributed by atoms with Crippen LogP contribution in [0.25, 0.3) is 11.0 Å². The van der Waals surface area contributed by atoms with Crippen LogP contribution < -0.4 is 5.32 Å². The first-order chi connectivity index (χ1) is 10.5. The Bertz CT molecular complexity index is 749. The molecule has 0 saturated carbocycles. The number of halogens is 3. The summed E-state index contributed by atoms with van der Waals surface area (Å²) in [5, 5.41) is 3.12. The van der Waals surface area contributed by atoms with Crippen LogP contribution in [-0.4, -0.2) is 15.9 Å². The second kappa shape index (κ2) is 5.79. The molecule has 0 unspecified atom stereocenters. The first-order valence-electron chi connectivity index (χ1n) is 7.11. The number of fused-ring (bicyclic) bond motifs is 1. The first kappa shape index (κ1) is 17.2. The average Bonchev–Trinajstić information content (AvgIpc) is 2.34. The zero-order chi connectivity index (χ0) is 17.4. The Morgan fingerprint density at radius 1 is 1.17 bits per heavy atom. The minimum Gasteiger partial charge on any atom is -0.311 e. The van der Waals surface area contributed by atoms with E-state index >= 15 is 0 Å². The second-order valence-corrected chi connectivity index (χ2v) is 6.68. The fourth-order valence-corrected chi connectivity index (χ4v) is 2.15. The van der Waals surface area contributed by atoms with E-state index in [0.29, 0.717) is 10.9 Å². The van der Waals surface area contributed by atoms with Crippen molar-refractivity contribution in [3.63, 3.8) is 0 Å². The van der Waals surface area contributed by atoms with E-state index in [1.54, 1.807) is 19.1 Å². The van der Waals surface area contributed by atoms with Gasteiger partial charge in [-0.15, -0.1) is 0 Å². The number of pyridine rings is 2. The summed E-state index contributed by atoms with van der Waals surface area (Å²) in [6.45, 7) is 7.32. The van der Waals surface area contributed by atoms with Gasteiger partial charge in [-0.25, -0.2) is 9.97 Å². The molecular weight excluding hydrogens is 307 g/mol. The summed E-state index contributed by atoms with van der Waals surface area (Å²) in [5.41, 5.74) is -0.791. The number of amides is 1. The van der Waals surface area contributed by atoms with Crippen molar-refractivity contribution in [2.24, 2.45) is 5.41 Å². The minimum absolute atomic E-state index is 0.0362. The molecular formula is C16H18F3N3O. The van der Waals surface area contributed by atoms with Gasteiger partial charge in [-0.2, -0.15) is 13.2 Å². The van der Waals surface area contributed by atoms with Crippen molar-refractivity contribution >= 4 is 22.8 Å². The lowest BCUT2D eigenvalue weighted by Gasteiger charge is -2.17. The summed E-state index contributed by atoms with van der Waals surface area (Å²) in [6, 6.07) is 4.16.